The van der Waals surface area contributed by atoms with Gasteiger partial charge in [0.1, 0.15) is 5.82 Å². The number of aromatic nitrogens is 2. The summed E-state index contributed by atoms with van der Waals surface area (Å²) in [4.78, 5) is 34.2. The normalized spacial score (nSPS) is 10.8. The van der Waals surface area contributed by atoms with Crippen LogP contribution < -0.4 is 10.9 Å². The van der Waals surface area contributed by atoms with Crippen molar-refractivity contribution in [1.82, 2.24) is 14.9 Å². The fourth-order valence-electron chi connectivity index (χ4n) is 3.22. The summed E-state index contributed by atoms with van der Waals surface area (Å²) in [5.41, 5.74) is 2.07. The summed E-state index contributed by atoms with van der Waals surface area (Å²) in [6, 6.07) is 16.6. The molecule has 7 nitrogen and oxygen atoms in total. The highest BCUT2D eigenvalue weighted by atomic mass is 16.2. The summed E-state index contributed by atoms with van der Waals surface area (Å²) in [5.74, 6) is 0.408. The van der Waals surface area contributed by atoms with Gasteiger partial charge in [0, 0.05) is 5.69 Å². The summed E-state index contributed by atoms with van der Waals surface area (Å²) in [7, 11) is 0. The first-order chi connectivity index (χ1) is 14.6. The van der Waals surface area contributed by atoms with Gasteiger partial charge in [-0.05, 0) is 42.8 Å². The minimum absolute atomic E-state index is 0.137. The number of para-hydroxylation sites is 1. The second-order valence-corrected chi connectivity index (χ2v) is 7.17. The number of hydrogen-bond acceptors (Lipinski definition) is 5. The number of benzene rings is 2. The van der Waals surface area contributed by atoms with Gasteiger partial charge in [-0.3, -0.25) is 14.5 Å². The zero-order valence-corrected chi connectivity index (χ0v) is 17.0. The average molecular weight is 403 g/mol. The molecule has 154 valence electrons. The van der Waals surface area contributed by atoms with E-state index in [9.17, 15) is 9.59 Å². The minimum atomic E-state index is -0.173. The number of hydrogen-bond donors (Lipinski definition) is 2. The number of carbonyl (C=O) groups excluding carboxylic acids is 1. The highest BCUT2D eigenvalue weighted by Crippen LogP contribution is 2.11. The number of nitriles is 1. The zero-order valence-electron chi connectivity index (χ0n) is 17.0. The van der Waals surface area contributed by atoms with Crippen LogP contribution in [0, 0.1) is 11.3 Å². The lowest BCUT2D eigenvalue weighted by Crippen LogP contribution is -2.34. The number of carbonyl (C=O) groups is 1. The molecule has 30 heavy (non-hydrogen) atoms. The molecule has 1 amide bonds. The first kappa shape index (κ1) is 21.2. The van der Waals surface area contributed by atoms with Gasteiger partial charge < -0.3 is 10.3 Å². The second kappa shape index (κ2) is 10.3. The maximum absolute atomic E-state index is 12.6. The number of unbranched alkanes of at least 4 members (excludes halogenated alkanes) is 1. The third-order valence-electron chi connectivity index (χ3n) is 4.75. The molecule has 1 heterocycles. The number of nitrogens with one attached hydrogen (secondary N) is 2. The third kappa shape index (κ3) is 5.75. The van der Waals surface area contributed by atoms with E-state index in [0.29, 0.717) is 35.4 Å². The van der Waals surface area contributed by atoms with Crippen molar-refractivity contribution in [3.63, 3.8) is 0 Å². The van der Waals surface area contributed by atoms with Crippen molar-refractivity contribution >= 4 is 22.5 Å². The average Bonchev–Trinajstić information content (AvgIpc) is 2.73. The number of rotatable bonds is 9. The Balaban J connectivity index is 1.68. The van der Waals surface area contributed by atoms with Crippen molar-refractivity contribution in [3.8, 4) is 6.07 Å². The molecule has 0 fully saturated rings. The van der Waals surface area contributed by atoms with Crippen LogP contribution in [-0.2, 0) is 17.8 Å². The zero-order chi connectivity index (χ0) is 21.3. The van der Waals surface area contributed by atoms with Gasteiger partial charge in [0.2, 0.25) is 5.91 Å². The number of amides is 1. The summed E-state index contributed by atoms with van der Waals surface area (Å²) in [6.07, 6.45) is 2.28. The predicted molar refractivity (Wildman–Crippen MR) is 117 cm³/mol. The molecule has 0 spiro atoms. The summed E-state index contributed by atoms with van der Waals surface area (Å²) in [6.45, 7) is 3.39. The van der Waals surface area contributed by atoms with Crippen molar-refractivity contribution in [3.05, 3.63) is 70.3 Å². The molecule has 3 aromatic rings. The minimum Gasteiger partial charge on any atom is -0.325 e. The lowest BCUT2D eigenvalue weighted by atomic mass is 10.1. The molecule has 0 saturated carbocycles. The molecule has 0 aliphatic rings. The van der Waals surface area contributed by atoms with Crippen molar-refractivity contribution in [1.29, 1.82) is 5.26 Å². The smallest absolute Gasteiger partial charge is 0.258 e. The number of nitrogens with zero attached hydrogens (tertiary/aromatic N) is 3. The van der Waals surface area contributed by atoms with Crippen LogP contribution in [0.5, 0.6) is 0 Å². The largest absolute Gasteiger partial charge is 0.325 e. The molecular weight excluding hydrogens is 378 g/mol. The molecule has 3 rings (SSSR count). The Labute approximate surface area is 175 Å². The Bertz CT molecular complexity index is 1100. The summed E-state index contributed by atoms with van der Waals surface area (Å²) in [5, 5.41) is 12.2. The second-order valence-electron chi connectivity index (χ2n) is 7.17. The van der Waals surface area contributed by atoms with Crippen LogP contribution in [-0.4, -0.2) is 33.9 Å². The maximum atomic E-state index is 12.6. The monoisotopic (exact) mass is 403 g/mol. The summed E-state index contributed by atoms with van der Waals surface area (Å²) < 4.78 is 0. The van der Waals surface area contributed by atoms with E-state index in [0.717, 1.165) is 24.9 Å². The van der Waals surface area contributed by atoms with Crippen LogP contribution in [0.4, 0.5) is 5.69 Å². The van der Waals surface area contributed by atoms with Gasteiger partial charge in [-0.1, -0.05) is 37.6 Å². The number of H-pyrrole nitrogens is 1. The van der Waals surface area contributed by atoms with E-state index >= 15 is 0 Å². The van der Waals surface area contributed by atoms with Crippen molar-refractivity contribution in [2.45, 2.75) is 32.7 Å². The lowest BCUT2D eigenvalue weighted by Gasteiger charge is -2.21. The van der Waals surface area contributed by atoms with Crippen LogP contribution in [0.1, 0.15) is 31.2 Å². The Kier molecular flexibility index (Phi) is 7.30. The quantitative estimate of drug-likeness (QED) is 0.571. The topological polar surface area (TPSA) is 102 Å². The lowest BCUT2D eigenvalue weighted by molar-refractivity contribution is -0.117. The van der Waals surface area contributed by atoms with Crippen LogP contribution in [0.15, 0.2) is 53.3 Å². The van der Waals surface area contributed by atoms with Gasteiger partial charge in [-0.25, -0.2) is 4.98 Å². The fraction of sp³-hybridized carbons (Fsp3) is 0.304. The molecule has 2 aromatic carbocycles. The van der Waals surface area contributed by atoms with E-state index < -0.39 is 0 Å². The van der Waals surface area contributed by atoms with Gasteiger partial charge in [0.25, 0.3) is 5.56 Å². The molecule has 0 unspecified atom stereocenters. The first-order valence-corrected chi connectivity index (χ1v) is 10.0. The van der Waals surface area contributed by atoms with E-state index in [1.54, 1.807) is 18.2 Å². The van der Waals surface area contributed by atoms with Gasteiger partial charge in [0.05, 0.1) is 36.5 Å². The Morgan fingerprint density at radius 3 is 2.70 bits per heavy atom. The van der Waals surface area contributed by atoms with Crippen molar-refractivity contribution in [2.75, 3.05) is 18.4 Å². The van der Waals surface area contributed by atoms with Crippen LogP contribution in [0.2, 0.25) is 0 Å². The fourth-order valence-corrected chi connectivity index (χ4v) is 3.22. The predicted octanol–water partition coefficient (Wildman–Crippen LogP) is 3.23. The van der Waals surface area contributed by atoms with Gasteiger partial charge >= 0.3 is 0 Å². The van der Waals surface area contributed by atoms with Gasteiger partial charge in [-0.2, -0.15) is 5.26 Å². The standard InChI is InChI=1S/C23H25N5O2/c1-2-3-14-28(15-21-26-20-7-5-4-6-19(20)23(30)27-21)16-22(29)25-18-10-8-17(9-11-18)12-13-24/h4-11H,2-3,12,14-16H2,1H3,(H,25,29)(H,26,27,30). The molecule has 0 aliphatic heterocycles. The molecule has 0 radical (unpaired) electrons. The van der Waals surface area contributed by atoms with E-state index in [-0.39, 0.29) is 18.0 Å². The molecule has 0 atom stereocenters. The molecule has 0 saturated heterocycles. The molecule has 7 heteroatoms. The number of anilines is 1. The maximum Gasteiger partial charge on any atom is 0.258 e. The van der Waals surface area contributed by atoms with Crippen LogP contribution >= 0.6 is 0 Å². The van der Waals surface area contributed by atoms with E-state index in [4.69, 9.17) is 5.26 Å². The third-order valence-corrected chi connectivity index (χ3v) is 4.75. The van der Waals surface area contributed by atoms with Crippen molar-refractivity contribution < 1.29 is 4.79 Å². The highest BCUT2D eigenvalue weighted by molar-refractivity contribution is 5.92. The van der Waals surface area contributed by atoms with Gasteiger partial charge in [-0.15, -0.1) is 0 Å². The van der Waals surface area contributed by atoms with E-state index in [2.05, 4.69) is 28.3 Å². The molecule has 2 N–H and O–H groups in total. The number of aromatic amines is 1. The number of fused-ring (bicyclic) bond motifs is 1. The molecule has 0 aliphatic carbocycles. The Morgan fingerprint density at radius 2 is 1.97 bits per heavy atom. The molecule has 1 aromatic heterocycles. The molecule has 0 bridgehead atoms. The van der Waals surface area contributed by atoms with Crippen LogP contribution in [0.25, 0.3) is 10.9 Å². The van der Waals surface area contributed by atoms with E-state index in [1.807, 2.05) is 35.2 Å². The SMILES string of the molecule is CCCCN(CC(=O)Nc1ccc(CC#N)cc1)Cc1nc2ccccc2c(=O)[nH]1. The Hall–Kier alpha value is -3.50. The summed E-state index contributed by atoms with van der Waals surface area (Å²) >= 11 is 0. The van der Waals surface area contributed by atoms with E-state index in [1.165, 1.54) is 0 Å². The molecular formula is C23H25N5O2. The Morgan fingerprint density at radius 1 is 1.20 bits per heavy atom. The first-order valence-electron chi connectivity index (χ1n) is 10.0. The highest BCUT2D eigenvalue weighted by Gasteiger charge is 2.14. The van der Waals surface area contributed by atoms with Gasteiger partial charge in [0.15, 0.2) is 0 Å². The van der Waals surface area contributed by atoms with Crippen LogP contribution in [0.3, 0.4) is 0 Å². The van der Waals surface area contributed by atoms with Crippen molar-refractivity contribution in [2.24, 2.45) is 0 Å².